The van der Waals surface area contributed by atoms with Gasteiger partial charge < -0.3 is 15.3 Å². The van der Waals surface area contributed by atoms with E-state index >= 15 is 0 Å². The van der Waals surface area contributed by atoms with Crippen LogP contribution in [0.2, 0.25) is 0 Å². The lowest BCUT2D eigenvalue weighted by molar-refractivity contribution is 0.304. The minimum Gasteiger partial charge on any atom is -0.395 e. The molecular weight excluding hydrogens is 314 g/mol. The van der Waals surface area contributed by atoms with Crippen molar-refractivity contribution in [3.05, 3.63) is 59.9 Å². The Hall–Kier alpha value is -2.86. The first-order valence-electron chi connectivity index (χ1n) is 8.28. The number of likely N-dealkylation sites (N-methyl/N-ethyl adjacent to an activating group) is 1. The molecule has 0 unspecified atom stereocenters. The van der Waals surface area contributed by atoms with Crippen LogP contribution in [-0.2, 0) is 6.54 Å². The Morgan fingerprint density at radius 1 is 1.12 bits per heavy atom. The summed E-state index contributed by atoms with van der Waals surface area (Å²) in [4.78, 5) is 6.39. The quantitative estimate of drug-likeness (QED) is 0.618. The third-order valence-electron chi connectivity index (χ3n) is 4.14. The molecule has 0 aliphatic rings. The van der Waals surface area contributed by atoms with Gasteiger partial charge in [-0.3, -0.25) is 5.10 Å². The lowest BCUT2D eigenvalue weighted by Gasteiger charge is -2.17. The van der Waals surface area contributed by atoms with Crippen LogP contribution >= 0.6 is 0 Å². The Kier molecular flexibility index (Phi) is 5.30. The fraction of sp³-hybridized carbons (Fsp3) is 0.263. The van der Waals surface area contributed by atoms with Gasteiger partial charge >= 0.3 is 0 Å². The summed E-state index contributed by atoms with van der Waals surface area (Å²) in [5.41, 5.74) is 5.44. The molecule has 0 amide bonds. The molecule has 0 spiro atoms. The normalized spacial score (nSPS) is 10.7. The SMILES string of the molecule is Cc1ccc(-c2[nH]ncc2CNc2ccc(N(C)CCO)cn2)cc1. The van der Waals surface area contributed by atoms with Gasteiger partial charge in [0.05, 0.1) is 30.4 Å². The van der Waals surface area contributed by atoms with E-state index in [1.54, 1.807) is 6.20 Å². The molecule has 0 aliphatic carbocycles. The number of aliphatic hydroxyl groups excluding tert-OH is 1. The van der Waals surface area contributed by atoms with E-state index in [1.807, 2.05) is 30.3 Å². The highest BCUT2D eigenvalue weighted by Crippen LogP contribution is 2.22. The fourth-order valence-electron chi connectivity index (χ4n) is 2.60. The third-order valence-corrected chi connectivity index (χ3v) is 4.14. The van der Waals surface area contributed by atoms with Crippen LogP contribution in [0.25, 0.3) is 11.3 Å². The van der Waals surface area contributed by atoms with Crippen LogP contribution in [0.3, 0.4) is 0 Å². The maximum atomic E-state index is 8.99. The maximum Gasteiger partial charge on any atom is 0.126 e. The van der Waals surface area contributed by atoms with Gasteiger partial charge in [0, 0.05) is 25.7 Å². The zero-order chi connectivity index (χ0) is 17.6. The second kappa shape index (κ2) is 7.81. The topological polar surface area (TPSA) is 77.1 Å². The highest BCUT2D eigenvalue weighted by molar-refractivity contribution is 5.63. The van der Waals surface area contributed by atoms with Crippen molar-refractivity contribution in [2.24, 2.45) is 0 Å². The molecule has 0 radical (unpaired) electrons. The predicted octanol–water partition coefficient (Wildman–Crippen LogP) is 2.82. The summed E-state index contributed by atoms with van der Waals surface area (Å²) < 4.78 is 0. The Morgan fingerprint density at radius 2 is 1.92 bits per heavy atom. The second-order valence-corrected chi connectivity index (χ2v) is 6.04. The number of aliphatic hydroxyl groups is 1. The molecule has 6 nitrogen and oxygen atoms in total. The molecule has 6 heteroatoms. The number of nitrogens with one attached hydrogen (secondary N) is 2. The van der Waals surface area contributed by atoms with Gasteiger partial charge in [0.2, 0.25) is 0 Å². The smallest absolute Gasteiger partial charge is 0.126 e. The lowest BCUT2D eigenvalue weighted by Crippen LogP contribution is -2.21. The summed E-state index contributed by atoms with van der Waals surface area (Å²) in [7, 11) is 1.93. The van der Waals surface area contributed by atoms with Crippen molar-refractivity contribution in [2.45, 2.75) is 13.5 Å². The van der Waals surface area contributed by atoms with Gasteiger partial charge in [-0.15, -0.1) is 0 Å². The number of nitrogens with zero attached hydrogens (tertiary/aromatic N) is 3. The summed E-state index contributed by atoms with van der Waals surface area (Å²) in [5.74, 6) is 0.803. The molecule has 0 atom stereocenters. The fourth-order valence-corrected chi connectivity index (χ4v) is 2.60. The van der Waals surface area contributed by atoms with Crippen LogP contribution < -0.4 is 10.2 Å². The molecular formula is C19H23N5O. The molecule has 2 aromatic heterocycles. The standard InChI is InChI=1S/C19H23N5O/c1-14-3-5-15(6-4-14)19-16(12-22-23-19)11-20-18-8-7-17(13-21-18)24(2)9-10-25/h3-8,12-13,25H,9-11H2,1-2H3,(H,20,21)(H,22,23). The summed E-state index contributed by atoms with van der Waals surface area (Å²) in [5, 5.41) is 19.6. The molecule has 3 rings (SSSR count). The Balaban J connectivity index is 1.66. The number of anilines is 2. The number of hydrogen-bond donors (Lipinski definition) is 3. The van der Waals surface area contributed by atoms with Gasteiger partial charge in [-0.05, 0) is 24.6 Å². The highest BCUT2D eigenvalue weighted by Gasteiger charge is 2.08. The average Bonchev–Trinajstić information content (AvgIpc) is 3.10. The van der Waals surface area contributed by atoms with Gasteiger partial charge in [-0.25, -0.2) is 4.98 Å². The molecule has 0 fully saturated rings. The predicted molar refractivity (Wildman–Crippen MR) is 101 cm³/mol. The molecule has 1 aromatic carbocycles. The van der Waals surface area contributed by atoms with E-state index in [0.717, 1.165) is 28.3 Å². The van der Waals surface area contributed by atoms with Gasteiger partial charge in [0.15, 0.2) is 0 Å². The third kappa shape index (κ3) is 4.16. The molecule has 0 saturated heterocycles. The molecule has 25 heavy (non-hydrogen) atoms. The second-order valence-electron chi connectivity index (χ2n) is 6.04. The van der Waals surface area contributed by atoms with Crippen molar-refractivity contribution in [1.82, 2.24) is 15.2 Å². The maximum absolute atomic E-state index is 8.99. The molecule has 3 aromatic rings. The number of H-pyrrole nitrogens is 1. The van der Waals surface area contributed by atoms with E-state index < -0.39 is 0 Å². The van der Waals surface area contributed by atoms with Crippen LogP contribution in [0.5, 0.6) is 0 Å². The van der Waals surface area contributed by atoms with Crippen molar-refractivity contribution < 1.29 is 5.11 Å². The van der Waals surface area contributed by atoms with Crippen LogP contribution in [0.1, 0.15) is 11.1 Å². The summed E-state index contributed by atoms with van der Waals surface area (Å²) >= 11 is 0. The zero-order valence-electron chi connectivity index (χ0n) is 14.5. The van der Waals surface area contributed by atoms with Crippen LogP contribution in [0.4, 0.5) is 11.5 Å². The van der Waals surface area contributed by atoms with Crippen molar-refractivity contribution in [3.8, 4) is 11.3 Å². The molecule has 0 aliphatic heterocycles. The van der Waals surface area contributed by atoms with Gasteiger partial charge in [-0.1, -0.05) is 29.8 Å². The Labute approximate surface area is 147 Å². The number of hydrogen-bond acceptors (Lipinski definition) is 5. The minimum absolute atomic E-state index is 0.124. The molecule has 3 N–H and O–H groups in total. The number of aromatic amines is 1. The molecule has 130 valence electrons. The Bertz CT molecular complexity index is 795. The van der Waals surface area contributed by atoms with Crippen LogP contribution in [0.15, 0.2) is 48.8 Å². The van der Waals surface area contributed by atoms with E-state index in [0.29, 0.717) is 13.1 Å². The number of aromatic nitrogens is 3. The van der Waals surface area contributed by atoms with Gasteiger partial charge in [0.25, 0.3) is 0 Å². The summed E-state index contributed by atoms with van der Waals surface area (Å²) in [6.45, 7) is 3.42. The van der Waals surface area contributed by atoms with E-state index in [2.05, 4.69) is 51.7 Å². The number of rotatable bonds is 7. The van der Waals surface area contributed by atoms with Crippen molar-refractivity contribution in [2.75, 3.05) is 30.4 Å². The van der Waals surface area contributed by atoms with Crippen LogP contribution in [-0.4, -0.2) is 40.5 Å². The van der Waals surface area contributed by atoms with E-state index in [-0.39, 0.29) is 6.61 Å². The van der Waals surface area contributed by atoms with Crippen LogP contribution in [0, 0.1) is 6.92 Å². The molecule has 2 heterocycles. The van der Waals surface area contributed by atoms with E-state index in [1.165, 1.54) is 5.56 Å². The molecule has 0 bridgehead atoms. The van der Waals surface area contributed by atoms with E-state index in [9.17, 15) is 0 Å². The minimum atomic E-state index is 0.124. The monoisotopic (exact) mass is 337 g/mol. The number of aryl methyl sites for hydroxylation is 1. The lowest BCUT2D eigenvalue weighted by atomic mass is 10.1. The van der Waals surface area contributed by atoms with Gasteiger partial charge in [-0.2, -0.15) is 5.10 Å². The van der Waals surface area contributed by atoms with Crippen molar-refractivity contribution >= 4 is 11.5 Å². The van der Waals surface area contributed by atoms with Crippen molar-refractivity contribution in [3.63, 3.8) is 0 Å². The first kappa shape index (κ1) is 17.0. The average molecular weight is 337 g/mol. The van der Waals surface area contributed by atoms with Gasteiger partial charge in [0.1, 0.15) is 5.82 Å². The summed E-state index contributed by atoms with van der Waals surface area (Å²) in [6.07, 6.45) is 3.64. The Morgan fingerprint density at radius 3 is 2.60 bits per heavy atom. The largest absolute Gasteiger partial charge is 0.395 e. The highest BCUT2D eigenvalue weighted by atomic mass is 16.3. The first-order valence-corrected chi connectivity index (χ1v) is 8.28. The number of benzene rings is 1. The zero-order valence-corrected chi connectivity index (χ0v) is 14.5. The number of pyridine rings is 1. The first-order chi connectivity index (χ1) is 12.2. The van der Waals surface area contributed by atoms with E-state index in [4.69, 9.17) is 5.11 Å². The van der Waals surface area contributed by atoms with Crippen molar-refractivity contribution in [1.29, 1.82) is 0 Å². The molecule has 0 saturated carbocycles. The summed E-state index contributed by atoms with van der Waals surface area (Å²) in [6, 6.07) is 12.3.